The molecule has 0 heterocycles. The Morgan fingerprint density at radius 2 is 0.793 bits per heavy atom. The van der Waals surface area contributed by atoms with Crippen LogP contribution in [0.4, 0.5) is 0 Å². The van der Waals surface area contributed by atoms with Crippen molar-refractivity contribution in [3.8, 4) is 0 Å². The molecule has 150 valence electrons. The van der Waals surface area contributed by atoms with Crippen LogP contribution in [0.2, 0.25) is 0 Å². The van der Waals surface area contributed by atoms with Crippen molar-refractivity contribution in [3.05, 3.63) is 0 Å². The molecule has 24 atom stereocenters. The Bertz CT molecular complexity index is 996. The van der Waals surface area contributed by atoms with Crippen molar-refractivity contribution in [3.63, 3.8) is 0 Å². The minimum Gasteiger partial charge on any atom is -0.172 e. The fraction of sp³-hybridized carbons (Fsp3) is 1.00. The molecule has 1 heteroatoms. The van der Waals surface area contributed by atoms with E-state index in [0.29, 0.717) is 4.75 Å². The van der Waals surface area contributed by atoms with Crippen molar-refractivity contribution < 1.29 is 0 Å². The highest BCUT2D eigenvalue weighted by atomic mass is 32.1. The summed E-state index contributed by atoms with van der Waals surface area (Å²) in [6, 6.07) is 0. The van der Waals surface area contributed by atoms with Gasteiger partial charge in [0.2, 0.25) is 0 Å². The van der Waals surface area contributed by atoms with Crippen LogP contribution in [0.25, 0.3) is 0 Å². The molecule has 13 aliphatic rings. The van der Waals surface area contributed by atoms with Gasteiger partial charge in [0.25, 0.3) is 0 Å². The zero-order valence-electron chi connectivity index (χ0n) is 17.1. The highest BCUT2D eigenvalue weighted by molar-refractivity contribution is 7.82. The lowest BCUT2D eigenvalue weighted by atomic mass is 9.06. The van der Waals surface area contributed by atoms with Gasteiger partial charge in [-0.2, -0.15) is 12.6 Å². The van der Waals surface area contributed by atoms with Gasteiger partial charge in [0.05, 0.1) is 0 Å². The summed E-state index contributed by atoms with van der Waals surface area (Å²) in [5.74, 6) is 28.7. The summed E-state index contributed by atoms with van der Waals surface area (Å²) >= 11 is 5.44. The summed E-state index contributed by atoms with van der Waals surface area (Å²) in [4.78, 5) is 0. The van der Waals surface area contributed by atoms with E-state index in [9.17, 15) is 0 Å². The molecule has 13 saturated carbocycles. The number of fused-ring (bicyclic) bond motifs is 34. The van der Waals surface area contributed by atoms with Gasteiger partial charge in [-0.15, -0.1) is 0 Å². The molecule has 0 saturated heterocycles. The molecule has 0 N–H and O–H groups in total. The molecule has 0 aromatic rings. The minimum atomic E-state index is 0.587. The van der Waals surface area contributed by atoms with E-state index < -0.39 is 0 Å². The maximum absolute atomic E-state index is 5.44. The molecule has 0 aliphatic heterocycles. The Morgan fingerprint density at radius 1 is 0.379 bits per heavy atom. The van der Waals surface area contributed by atoms with Crippen LogP contribution in [0, 0.1) is 136 Å². The van der Waals surface area contributed by atoms with Gasteiger partial charge >= 0.3 is 0 Å². The molecule has 13 aliphatic carbocycles. The summed E-state index contributed by atoms with van der Waals surface area (Å²) < 4.78 is 0.587. The van der Waals surface area contributed by atoms with Gasteiger partial charge in [0, 0.05) is 4.75 Å². The highest BCUT2D eigenvalue weighted by Crippen LogP contribution is 2.99. The first kappa shape index (κ1) is 13.8. The van der Waals surface area contributed by atoms with Crippen molar-refractivity contribution in [1.82, 2.24) is 0 Å². The first-order valence-electron chi connectivity index (χ1n) is 14.1. The normalized spacial score (nSPS) is 95.7. The molecule has 23 unspecified atom stereocenters. The Labute approximate surface area is 179 Å². The van der Waals surface area contributed by atoms with Gasteiger partial charge < -0.3 is 0 Å². The first-order chi connectivity index (χ1) is 14.3. The average molecular weight is 401 g/mol. The molecule has 0 nitrogen and oxygen atoms in total. The number of hydrogen-bond acceptors (Lipinski definition) is 1. The van der Waals surface area contributed by atoms with Gasteiger partial charge in [0.15, 0.2) is 0 Å². The highest BCUT2D eigenvalue weighted by Gasteiger charge is 2.96. The fourth-order valence-corrected chi connectivity index (χ4v) is 18.1. The second kappa shape index (κ2) is 3.37. The van der Waals surface area contributed by atoms with Gasteiger partial charge in [-0.25, -0.2) is 0 Å². The van der Waals surface area contributed by atoms with E-state index in [1.807, 2.05) is 0 Å². The maximum Gasteiger partial charge on any atom is 0.0228 e. The molecular formula is C28H32S. The standard InChI is InChI=1S/C28H32S/c29-28-8-4-3-7(8)26(28)25-23-21-19-17-15-13-11-9-5-1-2-6(5)10(9)12(11)14(13)16(15)18(17)20(19)22(21)24(23)27(25)28/h5-27,29H,1-4H2/t5?,6?,7?,8?,9?,10?,11?,12?,13?,14?,15?,16?,17?,18?,19?,20?,21?,22?,23?,24?,25?,26?,27?,28-/m1/s1. The summed E-state index contributed by atoms with van der Waals surface area (Å²) in [7, 11) is 0. The van der Waals surface area contributed by atoms with Crippen molar-refractivity contribution in [2.24, 2.45) is 136 Å². The van der Waals surface area contributed by atoms with Crippen LogP contribution in [-0.4, -0.2) is 4.75 Å². The van der Waals surface area contributed by atoms with E-state index in [2.05, 4.69) is 0 Å². The van der Waals surface area contributed by atoms with Gasteiger partial charge in [-0.1, -0.05) is 0 Å². The van der Waals surface area contributed by atoms with Crippen molar-refractivity contribution in [2.75, 3.05) is 0 Å². The molecule has 0 spiro atoms. The predicted molar refractivity (Wildman–Crippen MR) is 110 cm³/mol. The molecule has 0 bridgehead atoms. The lowest BCUT2D eigenvalue weighted by Gasteiger charge is -2.99. The van der Waals surface area contributed by atoms with E-state index in [0.717, 1.165) is 23.7 Å². The number of thiol groups is 1. The van der Waals surface area contributed by atoms with Crippen LogP contribution < -0.4 is 0 Å². The quantitative estimate of drug-likeness (QED) is 0.447. The van der Waals surface area contributed by atoms with Gasteiger partial charge in [-0.3, -0.25) is 0 Å². The lowest BCUT2D eigenvalue weighted by molar-refractivity contribution is -0.517. The third-order valence-electron chi connectivity index (χ3n) is 17.3. The van der Waals surface area contributed by atoms with Crippen molar-refractivity contribution in [2.45, 2.75) is 30.4 Å². The van der Waals surface area contributed by atoms with Crippen LogP contribution in [0.1, 0.15) is 25.7 Å². The smallest absolute Gasteiger partial charge is 0.0228 e. The Hall–Kier alpha value is 0.350. The van der Waals surface area contributed by atoms with Crippen molar-refractivity contribution >= 4 is 12.6 Å². The Kier molecular flexibility index (Phi) is 1.60. The summed E-state index contributed by atoms with van der Waals surface area (Å²) in [5.41, 5.74) is 0. The second-order valence-electron chi connectivity index (χ2n) is 15.5. The van der Waals surface area contributed by atoms with E-state index in [1.165, 1.54) is 112 Å². The van der Waals surface area contributed by atoms with E-state index in [-0.39, 0.29) is 0 Å². The fourth-order valence-electron chi connectivity index (χ4n) is 17.1. The molecule has 0 aromatic carbocycles. The largest absolute Gasteiger partial charge is 0.172 e. The molecule has 13 fully saturated rings. The first-order valence-corrected chi connectivity index (χ1v) is 14.5. The maximum atomic E-state index is 5.44. The molecule has 0 aromatic heterocycles. The van der Waals surface area contributed by atoms with Crippen molar-refractivity contribution in [1.29, 1.82) is 0 Å². The topological polar surface area (TPSA) is 0 Å². The van der Waals surface area contributed by atoms with Crippen LogP contribution >= 0.6 is 12.6 Å². The van der Waals surface area contributed by atoms with Gasteiger partial charge in [-0.05, 0) is 162 Å². The predicted octanol–water partition coefficient (Wildman–Crippen LogP) is 4.56. The molecular weight excluding hydrogens is 368 g/mol. The average Bonchev–Trinajstić information content (AvgIpc) is 2.61. The van der Waals surface area contributed by atoms with E-state index in [4.69, 9.17) is 12.6 Å². The third-order valence-corrected chi connectivity index (χ3v) is 18.2. The van der Waals surface area contributed by atoms with E-state index >= 15 is 0 Å². The third kappa shape index (κ3) is 0.848. The van der Waals surface area contributed by atoms with Crippen LogP contribution in [0.3, 0.4) is 0 Å². The van der Waals surface area contributed by atoms with E-state index in [1.54, 1.807) is 25.7 Å². The Balaban J connectivity index is 0.836. The van der Waals surface area contributed by atoms with Crippen LogP contribution in [-0.2, 0) is 0 Å². The second-order valence-corrected chi connectivity index (χ2v) is 16.3. The molecule has 0 amide bonds. The van der Waals surface area contributed by atoms with Gasteiger partial charge in [0.1, 0.15) is 0 Å². The monoisotopic (exact) mass is 400 g/mol. The number of hydrogen-bond donors (Lipinski definition) is 1. The molecule has 0 radical (unpaired) electrons. The van der Waals surface area contributed by atoms with Crippen LogP contribution in [0.5, 0.6) is 0 Å². The summed E-state index contributed by atoms with van der Waals surface area (Å²) in [5, 5.41) is 0. The zero-order chi connectivity index (χ0) is 17.6. The Morgan fingerprint density at radius 3 is 1.24 bits per heavy atom. The molecule has 13 rings (SSSR count). The zero-order valence-corrected chi connectivity index (χ0v) is 17.9. The minimum absolute atomic E-state index is 0.587. The molecule has 29 heavy (non-hydrogen) atoms. The summed E-state index contributed by atoms with van der Waals surface area (Å²) in [6.07, 6.45) is 6.42. The summed E-state index contributed by atoms with van der Waals surface area (Å²) in [6.45, 7) is 0. The van der Waals surface area contributed by atoms with Crippen LogP contribution in [0.15, 0.2) is 0 Å². The lowest BCUT2D eigenvalue weighted by Crippen LogP contribution is -2.97. The number of rotatable bonds is 0. The SMILES string of the molecule is S[C@]12C3CCC3C1C1C3C4C5C6C7C8C9C%10C%11CCC%11C%10C9C8C7C6C5C4C3C12.